The summed E-state index contributed by atoms with van der Waals surface area (Å²) in [6.07, 6.45) is 11.1. The zero-order valence-corrected chi connectivity index (χ0v) is 22.9. The summed E-state index contributed by atoms with van der Waals surface area (Å²) in [6, 6.07) is 4.91. The van der Waals surface area contributed by atoms with E-state index in [1.54, 1.807) is 0 Å². The van der Waals surface area contributed by atoms with Crippen LogP contribution in [-0.2, 0) is 22.0 Å². The molecular weight excluding hydrogens is 388 g/mol. The minimum absolute atomic E-state index is 0.155. The van der Waals surface area contributed by atoms with Crippen LogP contribution in [0.5, 0.6) is 0 Å². The van der Waals surface area contributed by atoms with E-state index < -0.39 is 0 Å². The van der Waals surface area contributed by atoms with Gasteiger partial charge in [0.25, 0.3) is 0 Å². The lowest BCUT2D eigenvalue weighted by Gasteiger charge is -2.33. The van der Waals surface area contributed by atoms with Gasteiger partial charge in [-0.2, -0.15) is 0 Å². The van der Waals surface area contributed by atoms with Gasteiger partial charge in [-0.15, -0.1) is 6.58 Å². The highest BCUT2D eigenvalue weighted by Crippen LogP contribution is 2.38. The van der Waals surface area contributed by atoms with Crippen molar-refractivity contribution in [2.45, 2.75) is 118 Å². The number of methoxy groups -OCH3 is 1. The maximum absolute atomic E-state index is 5.66. The Morgan fingerprint density at radius 2 is 1.50 bits per heavy atom. The van der Waals surface area contributed by atoms with E-state index in [0.29, 0.717) is 0 Å². The van der Waals surface area contributed by atoms with Crippen LogP contribution in [0.4, 0.5) is 0 Å². The molecule has 0 aliphatic carbocycles. The molecule has 0 amide bonds. The third-order valence-corrected chi connectivity index (χ3v) is 6.97. The molecule has 1 heteroatoms. The molecule has 182 valence electrons. The maximum atomic E-state index is 5.66. The SMILES string of the molecule is C=CCCC(CCC)(CCC(=C)CCc1cc(C(C)(C)C)c(C)c(C(C)(C)C)c1)COC. The molecule has 0 bridgehead atoms. The third kappa shape index (κ3) is 8.54. The van der Waals surface area contributed by atoms with Crippen molar-refractivity contribution >= 4 is 0 Å². The van der Waals surface area contributed by atoms with Gasteiger partial charge in [-0.05, 0) is 90.4 Å². The maximum Gasteiger partial charge on any atom is 0.0518 e. The molecule has 0 radical (unpaired) electrons. The fraction of sp³-hybridized carbons (Fsp3) is 0.677. The van der Waals surface area contributed by atoms with Crippen LogP contribution in [0, 0.1) is 12.3 Å². The zero-order chi connectivity index (χ0) is 24.6. The lowest BCUT2D eigenvalue weighted by atomic mass is 9.74. The number of ether oxygens (including phenoxy) is 1. The summed E-state index contributed by atoms with van der Waals surface area (Å²) in [7, 11) is 1.84. The van der Waals surface area contributed by atoms with Crippen LogP contribution in [0.1, 0.15) is 116 Å². The van der Waals surface area contributed by atoms with E-state index in [9.17, 15) is 0 Å². The molecule has 0 N–H and O–H groups in total. The Morgan fingerprint density at radius 3 is 1.94 bits per heavy atom. The van der Waals surface area contributed by atoms with Crippen LogP contribution in [-0.4, -0.2) is 13.7 Å². The lowest BCUT2D eigenvalue weighted by molar-refractivity contribution is 0.0578. The largest absolute Gasteiger partial charge is 0.384 e. The predicted octanol–water partition coefficient (Wildman–Crippen LogP) is 9.26. The molecule has 0 aliphatic rings. The summed E-state index contributed by atoms with van der Waals surface area (Å²) in [5.41, 5.74) is 7.81. The first kappa shape index (κ1) is 28.7. The summed E-state index contributed by atoms with van der Waals surface area (Å²) in [5, 5.41) is 0. The Kier molecular flexibility index (Phi) is 11.0. The summed E-state index contributed by atoms with van der Waals surface area (Å²) in [4.78, 5) is 0. The normalized spacial score (nSPS) is 14.3. The van der Waals surface area contributed by atoms with Crippen molar-refractivity contribution in [2.75, 3.05) is 13.7 Å². The van der Waals surface area contributed by atoms with Gasteiger partial charge in [0.1, 0.15) is 0 Å². The van der Waals surface area contributed by atoms with Crippen molar-refractivity contribution in [1.82, 2.24) is 0 Å². The summed E-state index contributed by atoms with van der Waals surface area (Å²) in [5.74, 6) is 0. The van der Waals surface area contributed by atoms with Crippen molar-refractivity contribution in [3.05, 3.63) is 59.2 Å². The van der Waals surface area contributed by atoms with Gasteiger partial charge >= 0.3 is 0 Å². The fourth-order valence-electron chi connectivity index (χ4n) is 5.20. The molecule has 0 saturated heterocycles. The first-order valence-corrected chi connectivity index (χ1v) is 12.7. The molecule has 1 nitrogen and oxygen atoms in total. The predicted molar refractivity (Wildman–Crippen MR) is 144 cm³/mol. The van der Waals surface area contributed by atoms with E-state index in [0.717, 1.165) is 45.1 Å². The van der Waals surface area contributed by atoms with Gasteiger partial charge in [-0.25, -0.2) is 0 Å². The molecule has 0 aliphatic heterocycles. The van der Waals surface area contributed by atoms with Crippen molar-refractivity contribution < 1.29 is 4.74 Å². The number of rotatable bonds is 13. The summed E-state index contributed by atoms with van der Waals surface area (Å²) >= 11 is 0. The summed E-state index contributed by atoms with van der Waals surface area (Å²) < 4.78 is 5.66. The van der Waals surface area contributed by atoms with Gasteiger partial charge in [0.15, 0.2) is 0 Å². The average Bonchev–Trinajstić information content (AvgIpc) is 2.68. The van der Waals surface area contributed by atoms with E-state index in [-0.39, 0.29) is 16.2 Å². The molecule has 1 aromatic carbocycles. The van der Waals surface area contributed by atoms with Crippen LogP contribution in [0.15, 0.2) is 36.9 Å². The molecule has 1 rings (SSSR count). The molecule has 0 fully saturated rings. The second-order valence-electron chi connectivity index (χ2n) is 12.1. The minimum atomic E-state index is 0.155. The molecule has 1 aromatic rings. The quantitative estimate of drug-likeness (QED) is 0.278. The van der Waals surface area contributed by atoms with Crippen LogP contribution in [0.2, 0.25) is 0 Å². The van der Waals surface area contributed by atoms with Crippen LogP contribution in [0.3, 0.4) is 0 Å². The van der Waals surface area contributed by atoms with Crippen molar-refractivity contribution in [2.24, 2.45) is 5.41 Å². The topological polar surface area (TPSA) is 9.23 Å². The second kappa shape index (κ2) is 12.2. The third-order valence-electron chi connectivity index (χ3n) is 6.97. The second-order valence-corrected chi connectivity index (χ2v) is 12.1. The number of hydrogen-bond donors (Lipinski definition) is 0. The zero-order valence-electron chi connectivity index (χ0n) is 22.9. The fourth-order valence-corrected chi connectivity index (χ4v) is 5.20. The average molecular weight is 441 g/mol. The highest BCUT2D eigenvalue weighted by atomic mass is 16.5. The highest BCUT2D eigenvalue weighted by Gasteiger charge is 2.28. The van der Waals surface area contributed by atoms with Crippen LogP contribution >= 0.6 is 0 Å². The molecule has 0 spiro atoms. The standard InChI is InChI=1S/C31H52O/c1-12-14-19-31(18-13-2,23-32-11)20-17-24(3)15-16-26-21-27(29(5,6)7)25(4)28(22-26)30(8,9)10/h12,21-22H,1,3,13-20,23H2,2,4-11H3. The lowest BCUT2D eigenvalue weighted by Crippen LogP contribution is -2.26. The van der Waals surface area contributed by atoms with E-state index in [2.05, 4.69) is 80.7 Å². The van der Waals surface area contributed by atoms with Crippen molar-refractivity contribution in [3.63, 3.8) is 0 Å². The minimum Gasteiger partial charge on any atom is -0.384 e. The van der Waals surface area contributed by atoms with Gasteiger partial charge in [0.2, 0.25) is 0 Å². The molecular formula is C31H52O. The Labute approximate surface area is 200 Å². The van der Waals surface area contributed by atoms with E-state index in [4.69, 9.17) is 4.74 Å². The monoisotopic (exact) mass is 440 g/mol. The Hall–Kier alpha value is -1.34. The van der Waals surface area contributed by atoms with Gasteiger partial charge in [-0.1, -0.05) is 85.2 Å². The number of allylic oxidation sites excluding steroid dienone is 2. The van der Waals surface area contributed by atoms with Crippen LogP contribution < -0.4 is 0 Å². The molecule has 0 saturated carbocycles. The molecule has 1 unspecified atom stereocenters. The Balaban J connectivity index is 2.96. The molecule has 1 atom stereocenters. The smallest absolute Gasteiger partial charge is 0.0518 e. The number of hydrogen-bond acceptors (Lipinski definition) is 1. The van der Waals surface area contributed by atoms with E-state index in [1.807, 2.05) is 13.2 Å². The molecule has 0 aromatic heterocycles. The Morgan fingerprint density at radius 1 is 0.938 bits per heavy atom. The number of aryl methyl sites for hydroxylation is 1. The Bertz CT molecular complexity index is 698. The van der Waals surface area contributed by atoms with Gasteiger partial charge < -0.3 is 4.74 Å². The first-order valence-electron chi connectivity index (χ1n) is 12.7. The van der Waals surface area contributed by atoms with Gasteiger partial charge in [-0.3, -0.25) is 0 Å². The number of benzene rings is 1. The van der Waals surface area contributed by atoms with Gasteiger partial charge in [0, 0.05) is 7.11 Å². The van der Waals surface area contributed by atoms with Crippen LogP contribution in [0.25, 0.3) is 0 Å². The highest BCUT2D eigenvalue weighted by molar-refractivity contribution is 5.45. The first-order chi connectivity index (χ1) is 14.8. The molecule has 32 heavy (non-hydrogen) atoms. The van der Waals surface area contributed by atoms with Crippen molar-refractivity contribution in [3.8, 4) is 0 Å². The summed E-state index contributed by atoms with van der Waals surface area (Å²) in [6.45, 7) is 27.8. The van der Waals surface area contributed by atoms with E-state index in [1.165, 1.54) is 40.7 Å². The molecule has 0 heterocycles. The van der Waals surface area contributed by atoms with Crippen molar-refractivity contribution in [1.29, 1.82) is 0 Å². The van der Waals surface area contributed by atoms with Gasteiger partial charge in [0.05, 0.1) is 6.61 Å². The van der Waals surface area contributed by atoms with E-state index >= 15 is 0 Å².